The second-order valence-electron chi connectivity index (χ2n) is 11.3. The third-order valence-electron chi connectivity index (χ3n) is 8.10. The highest BCUT2D eigenvalue weighted by Gasteiger charge is 2.27. The van der Waals surface area contributed by atoms with E-state index in [1.165, 1.54) is 0 Å². The zero-order valence-corrected chi connectivity index (χ0v) is 25.4. The molecular weight excluding hydrogens is 574 g/mol. The predicted molar refractivity (Wildman–Crippen MR) is 171 cm³/mol. The van der Waals surface area contributed by atoms with Crippen LogP contribution in [0.15, 0.2) is 72.8 Å². The van der Waals surface area contributed by atoms with E-state index in [4.69, 9.17) is 4.74 Å². The molecule has 0 radical (unpaired) electrons. The van der Waals surface area contributed by atoms with E-state index in [2.05, 4.69) is 15.5 Å². The minimum Gasteiger partial charge on any atom is -0.481 e. The second kappa shape index (κ2) is 14.7. The van der Waals surface area contributed by atoms with Gasteiger partial charge in [0.15, 0.2) is 0 Å². The zero-order valence-electron chi connectivity index (χ0n) is 25.4. The van der Waals surface area contributed by atoms with E-state index in [1.54, 1.807) is 42.5 Å². The van der Waals surface area contributed by atoms with Crippen molar-refractivity contribution in [2.45, 2.75) is 25.8 Å². The number of carboxylic acid groups (broad SMARTS) is 1. The van der Waals surface area contributed by atoms with Crippen molar-refractivity contribution in [2.24, 2.45) is 0 Å². The molecule has 0 aliphatic carbocycles. The summed E-state index contributed by atoms with van der Waals surface area (Å²) >= 11 is 0. The Morgan fingerprint density at radius 1 is 0.800 bits per heavy atom. The monoisotopic (exact) mass is 613 g/mol. The lowest BCUT2D eigenvalue weighted by Gasteiger charge is -2.32. The van der Waals surface area contributed by atoms with Gasteiger partial charge in [-0.05, 0) is 49.2 Å². The van der Waals surface area contributed by atoms with Crippen LogP contribution in [0.2, 0.25) is 0 Å². The van der Waals surface area contributed by atoms with Crippen molar-refractivity contribution < 1.29 is 29.0 Å². The van der Waals surface area contributed by atoms with E-state index in [-0.39, 0.29) is 23.9 Å². The standard InChI is InChI=1S/C34H39N5O6/c1-24-8-10-25(11-9-24)28(23-31(40)41)35-33(43)27-12-13-30(29(22-27)36-32(42)26-6-3-2-4-7-26)37-14-5-15-38(17-16-37)34(44)39-18-20-45-21-19-39/h2-4,6-13,22,28H,5,14-21,23H2,1H3,(H,35,43)(H,36,42)(H,40,41). The average Bonchev–Trinajstić information content (AvgIpc) is 3.31. The fourth-order valence-corrected chi connectivity index (χ4v) is 5.61. The molecule has 5 rings (SSSR count). The highest BCUT2D eigenvalue weighted by molar-refractivity contribution is 6.07. The summed E-state index contributed by atoms with van der Waals surface area (Å²) in [7, 11) is 0. The minimum absolute atomic E-state index is 0.00858. The number of hydrogen-bond donors (Lipinski definition) is 3. The summed E-state index contributed by atoms with van der Waals surface area (Å²) in [4.78, 5) is 57.4. The quantitative estimate of drug-likeness (QED) is 0.348. The molecule has 0 saturated carbocycles. The maximum Gasteiger partial charge on any atom is 0.320 e. The number of aliphatic carboxylic acids is 1. The van der Waals surface area contributed by atoms with Crippen molar-refractivity contribution in [1.82, 2.24) is 15.1 Å². The Labute approximate surface area is 262 Å². The number of aryl methyl sites for hydroxylation is 1. The van der Waals surface area contributed by atoms with Gasteiger partial charge in [-0.3, -0.25) is 14.4 Å². The molecule has 2 aliphatic rings. The van der Waals surface area contributed by atoms with E-state index in [0.717, 1.165) is 17.7 Å². The predicted octanol–water partition coefficient (Wildman–Crippen LogP) is 4.16. The molecule has 45 heavy (non-hydrogen) atoms. The Morgan fingerprint density at radius 2 is 1.51 bits per heavy atom. The van der Waals surface area contributed by atoms with Crippen LogP contribution in [-0.4, -0.2) is 91.2 Å². The molecule has 3 aromatic carbocycles. The normalized spacial score (nSPS) is 16.0. The first-order valence-electron chi connectivity index (χ1n) is 15.2. The Hall–Kier alpha value is -4.90. The molecule has 2 saturated heterocycles. The number of hydrogen-bond acceptors (Lipinski definition) is 6. The first-order valence-corrected chi connectivity index (χ1v) is 15.2. The van der Waals surface area contributed by atoms with Gasteiger partial charge in [0, 0.05) is 50.4 Å². The number of amides is 4. The lowest BCUT2D eigenvalue weighted by Crippen LogP contribution is -2.49. The van der Waals surface area contributed by atoms with E-state index in [1.807, 2.05) is 47.1 Å². The molecule has 2 fully saturated rings. The molecule has 0 spiro atoms. The summed E-state index contributed by atoms with van der Waals surface area (Å²) in [6.07, 6.45) is 0.454. The highest BCUT2D eigenvalue weighted by Crippen LogP contribution is 2.30. The van der Waals surface area contributed by atoms with E-state index < -0.39 is 17.9 Å². The van der Waals surface area contributed by atoms with Crippen molar-refractivity contribution in [3.8, 4) is 0 Å². The van der Waals surface area contributed by atoms with E-state index in [0.29, 0.717) is 69.3 Å². The van der Waals surface area contributed by atoms with Crippen LogP contribution in [0, 0.1) is 6.92 Å². The Bertz CT molecular complexity index is 1510. The number of anilines is 2. The SMILES string of the molecule is Cc1ccc(C(CC(=O)O)NC(=O)c2ccc(N3CCCN(C(=O)N4CCOCC4)CC3)c(NC(=O)c3ccccc3)c2)cc1. The number of nitrogens with one attached hydrogen (secondary N) is 2. The Balaban J connectivity index is 1.38. The lowest BCUT2D eigenvalue weighted by molar-refractivity contribution is -0.137. The number of benzene rings is 3. The van der Waals surface area contributed by atoms with Crippen LogP contribution in [0.1, 0.15) is 50.7 Å². The van der Waals surface area contributed by atoms with Crippen LogP contribution in [0.5, 0.6) is 0 Å². The van der Waals surface area contributed by atoms with Crippen molar-refractivity contribution >= 4 is 35.2 Å². The summed E-state index contributed by atoms with van der Waals surface area (Å²) in [6, 6.07) is 20.6. The molecule has 0 bridgehead atoms. The van der Waals surface area contributed by atoms with Gasteiger partial charge in [-0.1, -0.05) is 48.0 Å². The number of ether oxygens (including phenoxy) is 1. The summed E-state index contributed by atoms with van der Waals surface area (Å²) in [6.45, 7) is 6.50. The van der Waals surface area contributed by atoms with Crippen LogP contribution in [0.4, 0.5) is 16.2 Å². The van der Waals surface area contributed by atoms with Gasteiger partial charge in [0.1, 0.15) is 0 Å². The van der Waals surface area contributed by atoms with Crippen LogP contribution in [-0.2, 0) is 9.53 Å². The number of urea groups is 1. The number of carbonyl (C=O) groups excluding carboxylic acids is 3. The molecular formula is C34H39N5O6. The number of nitrogens with zero attached hydrogens (tertiary/aromatic N) is 3. The van der Waals surface area contributed by atoms with Crippen molar-refractivity contribution in [3.05, 3.63) is 95.1 Å². The van der Waals surface area contributed by atoms with Crippen molar-refractivity contribution in [2.75, 3.05) is 62.7 Å². The van der Waals surface area contributed by atoms with Crippen LogP contribution in [0.25, 0.3) is 0 Å². The molecule has 4 amide bonds. The number of carbonyl (C=O) groups is 4. The molecule has 11 nitrogen and oxygen atoms in total. The molecule has 1 atom stereocenters. The topological polar surface area (TPSA) is 132 Å². The second-order valence-corrected chi connectivity index (χ2v) is 11.3. The van der Waals surface area contributed by atoms with Crippen molar-refractivity contribution in [1.29, 1.82) is 0 Å². The third kappa shape index (κ3) is 8.18. The van der Waals surface area contributed by atoms with Gasteiger partial charge in [0.05, 0.1) is 37.1 Å². The van der Waals surface area contributed by atoms with Gasteiger partial charge in [0.2, 0.25) is 0 Å². The summed E-state index contributed by atoms with van der Waals surface area (Å²) < 4.78 is 5.39. The van der Waals surface area contributed by atoms with Gasteiger partial charge in [-0.25, -0.2) is 4.79 Å². The first kappa shape index (κ1) is 31.5. The van der Waals surface area contributed by atoms with Crippen LogP contribution in [0.3, 0.4) is 0 Å². The molecule has 236 valence electrons. The number of morpholine rings is 1. The molecule has 2 heterocycles. The fourth-order valence-electron chi connectivity index (χ4n) is 5.61. The summed E-state index contributed by atoms with van der Waals surface area (Å²) in [5, 5.41) is 15.4. The van der Waals surface area contributed by atoms with E-state index in [9.17, 15) is 24.3 Å². The fraction of sp³-hybridized carbons (Fsp3) is 0.353. The zero-order chi connectivity index (χ0) is 31.8. The van der Waals surface area contributed by atoms with Gasteiger partial charge >= 0.3 is 12.0 Å². The molecule has 2 aliphatic heterocycles. The first-order chi connectivity index (χ1) is 21.8. The summed E-state index contributed by atoms with van der Waals surface area (Å²) in [5.74, 6) is -1.81. The third-order valence-corrected chi connectivity index (χ3v) is 8.10. The highest BCUT2D eigenvalue weighted by atomic mass is 16.5. The van der Waals surface area contributed by atoms with E-state index >= 15 is 0 Å². The lowest BCUT2D eigenvalue weighted by atomic mass is 10.0. The average molecular weight is 614 g/mol. The van der Waals surface area contributed by atoms with Gasteiger partial charge < -0.3 is 35.2 Å². The molecule has 11 heteroatoms. The van der Waals surface area contributed by atoms with Crippen LogP contribution < -0.4 is 15.5 Å². The summed E-state index contributed by atoms with van der Waals surface area (Å²) in [5.41, 5.74) is 3.65. The van der Waals surface area contributed by atoms with Gasteiger partial charge in [-0.15, -0.1) is 0 Å². The number of carboxylic acids is 1. The van der Waals surface area contributed by atoms with Crippen LogP contribution >= 0.6 is 0 Å². The maximum atomic E-state index is 13.5. The largest absolute Gasteiger partial charge is 0.481 e. The number of rotatable bonds is 8. The van der Waals surface area contributed by atoms with Gasteiger partial charge in [-0.2, -0.15) is 0 Å². The maximum absolute atomic E-state index is 13.5. The molecule has 0 aromatic heterocycles. The van der Waals surface area contributed by atoms with Gasteiger partial charge in [0.25, 0.3) is 11.8 Å². The molecule has 3 aromatic rings. The smallest absolute Gasteiger partial charge is 0.320 e. The Kier molecular flexibility index (Phi) is 10.3. The Morgan fingerprint density at radius 3 is 2.22 bits per heavy atom. The van der Waals surface area contributed by atoms with Crippen molar-refractivity contribution in [3.63, 3.8) is 0 Å². The minimum atomic E-state index is -1.03. The molecule has 3 N–H and O–H groups in total. The molecule has 1 unspecified atom stereocenters.